The summed E-state index contributed by atoms with van der Waals surface area (Å²) in [6.07, 6.45) is 2.55. The summed E-state index contributed by atoms with van der Waals surface area (Å²) >= 11 is 0. The van der Waals surface area contributed by atoms with Crippen molar-refractivity contribution < 1.29 is 13.7 Å². The van der Waals surface area contributed by atoms with Gasteiger partial charge in [-0.1, -0.05) is 17.3 Å². The number of H-pyrrole nitrogens is 1. The number of nitrogens with zero attached hydrogens (tertiary/aromatic N) is 4. The minimum atomic E-state index is -0.347. The van der Waals surface area contributed by atoms with Crippen LogP contribution in [-0.4, -0.2) is 50.8 Å². The SMILES string of the molecule is O=C(c1n[nH]c2c1CNCC2)N1CCCC(c2nc(-c3cccc(F)c3)no2)C1. The zero-order valence-corrected chi connectivity index (χ0v) is 15.8. The van der Waals surface area contributed by atoms with Gasteiger partial charge in [0, 0.05) is 49.4 Å². The number of likely N-dealkylation sites (tertiary alicyclic amines) is 1. The Balaban J connectivity index is 1.33. The molecule has 2 aromatic heterocycles. The van der Waals surface area contributed by atoms with E-state index in [2.05, 4.69) is 25.7 Å². The molecule has 0 spiro atoms. The summed E-state index contributed by atoms with van der Waals surface area (Å²) in [5.74, 6) is 0.374. The van der Waals surface area contributed by atoms with Crippen molar-refractivity contribution >= 4 is 5.91 Å². The number of aromatic amines is 1. The fourth-order valence-electron chi connectivity index (χ4n) is 4.06. The number of hydrogen-bond acceptors (Lipinski definition) is 6. The van der Waals surface area contributed by atoms with Crippen LogP contribution in [0.4, 0.5) is 4.39 Å². The van der Waals surface area contributed by atoms with Gasteiger partial charge in [0.15, 0.2) is 5.69 Å². The molecule has 0 bridgehead atoms. The second-order valence-electron chi connectivity index (χ2n) is 7.51. The molecule has 5 rings (SSSR count). The van der Waals surface area contributed by atoms with Gasteiger partial charge >= 0.3 is 0 Å². The Morgan fingerprint density at radius 2 is 2.28 bits per heavy atom. The minimum Gasteiger partial charge on any atom is -0.339 e. The molecular weight excluding hydrogens is 375 g/mol. The summed E-state index contributed by atoms with van der Waals surface area (Å²) < 4.78 is 18.9. The van der Waals surface area contributed by atoms with Gasteiger partial charge in [0.2, 0.25) is 11.7 Å². The molecule has 2 N–H and O–H groups in total. The van der Waals surface area contributed by atoms with E-state index >= 15 is 0 Å². The van der Waals surface area contributed by atoms with Gasteiger partial charge in [-0.05, 0) is 25.0 Å². The van der Waals surface area contributed by atoms with Crippen molar-refractivity contribution in [3.05, 3.63) is 52.9 Å². The molecule has 1 amide bonds. The maximum Gasteiger partial charge on any atom is 0.274 e. The van der Waals surface area contributed by atoms with Gasteiger partial charge in [0.05, 0.1) is 5.92 Å². The van der Waals surface area contributed by atoms with Crippen LogP contribution < -0.4 is 5.32 Å². The highest BCUT2D eigenvalue weighted by molar-refractivity contribution is 5.94. The Hall–Kier alpha value is -3.07. The van der Waals surface area contributed by atoms with E-state index in [-0.39, 0.29) is 17.6 Å². The number of benzene rings is 1. The summed E-state index contributed by atoms with van der Waals surface area (Å²) in [6, 6.07) is 6.10. The average Bonchev–Trinajstić information content (AvgIpc) is 3.41. The second kappa shape index (κ2) is 7.40. The van der Waals surface area contributed by atoms with E-state index in [1.807, 2.05) is 4.90 Å². The van der Waals surface area contributed by atoms with Gasteiger partial charge in [-0.2, -0.15) is 10.1 Å². The fourth-order valence-corrected chi connectivity index (χ4v) is 4.06. The molecule has 1 aromatic carbocycles. The highest BCUT2D eigenvalue weighted by Gasteiger charge is 2.32. The quantitative estimate of drug-likeness (QED) is 0.705. The Morgan fingerprint density at radius 3 is 3.17 bits per heavy atom. The molecule has 2 aliphatic rings. The number of hydrogen-bond donors (Lipinski definition) is 2. The molecule has 2 aliphatic heterocycles. The van der Waals surface area contributed by atoms with Crippen molar-refractivity contribution in [2.75, 3.05) is 19.6 Å². The van der Waals surface area contributed by atoms with Crippen LogP contribution in [0.25, 0.3) is 11.4 Å². The first kappa shape index (κ1) is 18.0. The molecular formula is C20H21FN6O2. The lowest BCUT2D eigenvalue weighted by Gasteiger charge is -2.30. The van der Waals surface area contributed by atoms with Crippen LogP contribution in [0.5, 0.6) is 0 Å². The molecule has 1 unspecified atom stereocenters. The number of rotatable bonds is 3. The summed E-state index contributed by atoms with van der Waals surface area (Å²) in [7, 11) is 0. The summed E-state index contributed by atoms with van der Waals surface area (Å²) in [5.41, 5.74) is 3.07. The molecule has 0 aliphatic carbocycles. The molecule has 0 saturated carbocycles. The van der Waals surface area contributed by atoms with E-state index in [1.54, 1.807) is 12.1 Å². The number of amides is 1. The molecule has 8 nitrogen and oxygen atoms in total. The predicted octanol–water partition coefficient (Wildman–Crippen LogP) is 2.26. The molecule has 1 saturated heterocycles. The van der Waals surface area contributed by atoms with E-state index in [0.29, 0.717) is 42.6 Å². The van der Waals surface area contributed by atoms with Crippen LogP contribution in [0.2, 0.25) is 0 Å². The van der Waals surface area contributed by atoms with Gasteiger partial charge in [-0.15, -0.1) is 0 Å². The number of fused-ring (bicyclic) bond motifs is 1. The third kappa shape index (κ3) is 3.42. The highest BCUT2D eigenvalue weighted by atomic mass is 19.1. The number of carbonyl (C=O) groups is 1. The van der Waals surface area contributed by atoms with Crippen LogP contribution in [0.3, 0.4) is 0 Å². The van der Waals surface area contributed by atoms with Crippen LogP contribution in [0.15, 0.2) is 28.8 Å². The van der Waals surface area contributed by atoms with E-state index in [4.69, 9.17) is 4.52 Å². The first-order valence-electron chi connectivity index (χ1n) is 9.84. The monoisotopic (exact) mass is 396 g/mol. The van der Waals surface area contributed by atoms with Crippen molar-refractivity contribution in [2.45, 2.75) is 31.7 Å². The van der Waals surface area contributed by atoms with Crippen LogP contribution in [0, 0.1) is 5.82 Å². The van der Waals surface area contributed by atoms with Crippen molar-refractivity contribution in [3.63, 3.8) is 0 Å². The smallest absolute Gasteiger partial charge is 0.274 e. The zero-order valence-electron chi connectivity index (χ0n) is 15.8. The van der Waals surface area contributed by atoms with Crippen molar-refractivity contribution in [3.8, 4) is 11.4 Å². The first-order valence-corrected chi connectivity index (χ1v) is 9.84. The fraction of sp³-hybridized carbons (Fsp3) is 0.400. The molecule has 9 heteroatoms. The predicted molar refractivity (Wildman–Crippen MR) is 102 cm³/mol. The largest absolute Gasteiger partial charge is 0.339 e. The molecule has 29 heavy (non-hydrogen) atoms. The number of nitrogens with one attached hydrogen (secondary N) is 2. The van der Waals surface area contributed by atoms with Gasteiger partial charge in [-0.25, -0.2) is 4.39 Å². The lowest BCUT2D eigenvalue weighted by Crippen LogP contribution is -2.40. The first-order chi connectivity index (χ1) is 14.2. The third-order valence-corrected chi connectivity index (χ3v) is 5.59. The topological polar surface area (TPSA) is 99.9 Å². The number of carbonyl (C=O) groups excluding carboxylic acids is 1. The van der Waals surface area contributed by atoms with Crippen LogP contribution in [0.1, 0.15) is 46.4 Å². The number of piperidine rings is 1. The normalized spacial score (nSPS) is 19.2. The summed E-state index contributed by atoms with van der Waals surface area (Å²) in [4.78, 5) is 19.3. The number of halogens is 1. The number of aromatic nitrogens is 4. The molecule has 150 valence electrons. The third-order valence-electron chi connectivity index (χ3n) is 5.59. The maximum atomic E-state index is 13.5. The molecule has 3 aromatic rings. The summed E-state index contributed by atoms with van der Waals surface area (Å²) in [5, 5.41) is 14.6. The van der Waals surface area contributed by atoms with Gasteiger partial charge < -0.3 is 14.7 Å². The van der Waals surface area contributed by atoms with Gasteiger partial charge in [-0.3, -0.25) is 9.89 Å². The molecule has 1 atom stereocenters. The Labute approximate surface area is 166 Å². The Kier molecular flexibility index (Phi) is 4.59. The Bertz CT molecular complexity index is 1050. The van der Waals surface area contributed by atoms with Crippen molar-refractivity contribution in [1.29, 1.82) is 0 Å². The summed E-state index contributed by atoms with van der Waals surface area (Å²) in [6.45, 7) is 2.72. The minimum absolute atomic E-state index is 0.0459. The molecule has 4 heterocycles. The second-order valence-corrected chi connectivity index (χ2v) is 7.51. The highest BCUT2D eigenvalue weighted by Crippen LogP contribution is 2.29. The average molecular weight is 396 g/mol. The van der Waals surface area contributed by atoms with Gasteiger partial charge in [0.25, 0.3) is 5.91 Å². The molecule has 0 radical (unpaired) electrons. The van der Waals surface area contributed by atoms with Crippen molar-refractivity contribution in [2.24, 2.45) is 0 Å². The Morgan fingerprint density at radius 1 is 1.34 bits per heavy atom. The van der Waals surface area contributed by atoms with Crippen LogP contribution in [-0.2, 0) is 13.0 Å². The van der Waals surface area contributed by atoms with E-state index in [0.717, 1.165) is 37.1 Å². The van der Waals surface area contributed by atoms with Crippen molar-refractivity contribution in [1.82, 2.24) is 30.6 Å². The van der Waals surface area contributed by atoms with E-state index < -0.39 is 0 Å². The van der Waals surface area contributed by atoms with E-state index in [9.17, 15) is 9.18 Å². The lowest BCUT2D eigenvalue weighted by molar-refractivity contribution is 0.0688. The lowest BCUT2D eigenvalue weighted by atomic mass is 9.97. The maximum absolute atomic E-state index is 13.5. The molecule has 1 fully saturated rings. The van der Waals surface area contributed by atoms with Gasteiger partial charge in [0.1, 0.15) is 5.82 Å². The standard InChI is InChI=1S/C20H21FN6O2/c21-14-5-1-3-12(9-14)18-23-19(29-26-18)13-4-2-8-27(11-13)20(28)17-15-10-22-7-6-16(15)24-25-17/h1,3,5,9,13,22H,2,4,6-8,10-11H2,(H,24,25). The van der Waals surface area contributed by atoms with Crippen LogP contribution >= 0.6 is 0 Å². The van der Waals surface area contributed by atoms with E-state index in [1.165, 1.54) is 12.1 Å². The zero-order chi connectivity index (χ0) is 19.8.